The van der Waals surface area contributed by atoms with Crippen molar-refractivity contribution in [2.24, 2.45) is 0 Å². The number of ether oxygens (including phenoxy) is 2. The third kappa shape index (κ3) is 6.71. The summed E-state index contributed by atoms with van der Waals surface area (Å²) < 4.78 is 11.8. The summed E-state index contributed by atoms with van der Waals surface area (Å²) in [5.74, 6) is 1.49. The number of aliphatic hydroxyl groups is 1. The lowest BCUT2D eigenvalue weighted by molar-refractivity contribution is -0.122. The van der Waals surface area contributed by atoms with Crippen LogP contribution in [0.4, 0.5) is 5.69 Å². The van der Waals surface area contributed by atoms with Gasteiger partial charge in [0.2, 0.25) is 0 Å². The van der Waals surface area contributed by atoms with E-state index in [1.165, 1.54) is 31.5 Å². The number of rotatable bonds is 9. The van der Waals surface area contributed by atoms with E-state index in [1.807, 2.05) is 26.0 Å². The van der Waals surface area contributed by atoms with Crippen molar-refractivity contribution in [1.82, 2.24) is 9.88 Å². The first kappa shape index (κ1) is 25.1. The molecule has 33 heavy (non-hydrogen) atoms. The highest BCUT2D eigenvalue weighted by atomic mass is 16.5. The summed E-state index contributed by atoms with van der Waals surface area (Å²) in [5, 5.41) is 21.6. The van der Waals surface area contributed by atoms with Crippen molar-refractivity contribution in [2.75, 3.05) is 45.2 Å². The fraction of sp³-hybridized carbons (Fsp3) is 0.600. The molecule has 2 heterocycles. The molecule has 3 N–H and O–H groups in total. The molecule has 0 radical (unpaired) electrons. The van der Waals surface area contributed by atoms with Crippen LogP contribution in [0.2, 0.25) is 0 Å². The largest absolute Gasteiger partial charge is 0.493 e. The number of fused-ring (bicyclic) bond motifs is 2. The maximum absolute atomic E-state index is 10.2. The Labute approximate surface area is 195 Å². The van der Waals surface area contributed by atoms with Crippen LogP contribution in [0.5, 0.6) is 11.5 Å². The van der Waals surface area contributed by atoms with Crippen LogP contribution < -0.4 is 14.8 Å². The molecule has 182 valence electrons. The third-order valence-electron chi connectivity index (χ3n) is 6.07. The van der Waals surface area contributed by atoms with Gasteiger partial charge in [-0.3, -0.25) is 9.78 Å². The Kier molecular flexibility index (Phi) is 8.74. The molecule has 1 saturated heterocycles. The summed E-state index contributed by atoms with van der Waals surface area (Å²) in [6.07, 6.45) is 6.78. The lowest BCUT2D eigenvalue weighted by Crippen LogP contribution is -2.29. The van der Waals surface area contributed by atoms with Gasteiger partial charge in [-0.05, 0) is 77.1 Å². The number of hydrogen-bond donors (Lipinski definition) is 3. The smallest absolute Gasteiger partial charge is 0.290 e. The predicted octanol–water partition coefficient (Wildman–Crippen LogP) is 3.48. The van der Waals surface area contributed by atoms with Crippen molar-refractivity contribution in [1.29, 1.82) is 0 Å². The van der Waals surface area contributed by atoms with Crippen LogP contribution in [0.15, 0.2) is 12.1 Å². The zero-order valence-corrected chi connectivity index (χ0v) is 20.0. The zero-order valence-electron chi connectivity index (χ0n) is 20.0. The quantitative estimate of drug-likeness (QED) is 0.387. The number of anilines is 1. The number of benzene rings is 1. The van der Waals surface area contributed by atoms with Crippen molar-refractivity contribution in [2.45, 2.75) is 58.0 Å². The Bertz CT molecular complexity index is 936. The molecule has 1 aliphatic heterocycles. The van der Waals surface area contributed by atoms with E-state index in [2.05, 4.69) is 10.2 Å². The molecule has 1 fully saturated rings. The molecular weight excluding hydrogens is 422 g/mol. The summed E-state index contributed by atoms with van der Waals surface area (Å²) >= 11 is 0. The number of nitrogens with one attached hydrogen (secondary N) is 1. The number of aromatic nitrogens is 1. The second-order valence-electron chi connectivity index (χ2n) is 9.31. The van der Waals surface area contributed by atoms with Gasteiger partial charge in [-0.2, -0.15) is 0 Å². The number of carbonyl (C=O) groups is 1. The summed E-state index contributed by atoms with van der Waals surface area (Å²) in [7, 11) is 1.68. The molecule has 1 aliphatic carbocycles. The predicted molar refractivity (Wildman–Crippen MR) is 130 cm³/mol. The van der Waals surface area contributed by atoms with Crippen LogP contribution >= 0.6 is 0 Å². The Morgan fingerprint density at radius 1 is 1.18 bits per heavy atom. The topological polar surface area (TPSA) is 104 Å². The number of hydrogen-bond acceptors (Lipinski definition) is 7. The van der Waals surface area contributed by atoms with Gasteiger partial charge in [0.05, 0.1) is 24.8 Å². The third-order valence-corrected chi connectivity index (χ3v) is 6.07. The van der Waals surface area contributed by atoms with E-state index < -0.39 is 5.60 Å². The Hall–Kier alpha value is -2.58. The van der Waals surface area contributed by atoms with Crippen molar-refractivity contribution >= 4 is 23.1 Å². The molecule has 0 unspecified atom stereocenters. The molecule has 8 heteroatoms. The first-order chi connectivity index (χ1) is 15.9. The van der Waals surface area contributed by atoms with Crippen LogP contribution in [-0.2, 0) is 17.6 Å². The molecule has 1 aromatic heterocycles. The maximum atomic E-state index is 10.2. The van der Waals surface area contributed by atoms with Gasteiger partial charge in [0.25, 0.3) is 6.47 Å². The first-order valence-electron chi connectivity index (χ1n) is 11.8. The van der Waals surface area contributed by atoms with Crippen molar-refractivity contribution in [3.05, 3.63) is 23.4 Å². The normalized spacial score (nSPS) is 15.6. The fourth-order valence-corrected chi connectivity index (χ4v) is 4.53. The highest BCUT2D eigenvalue weighted by Gasteiger charge is 2.23. The van der Waals surface area contributed by atoms with Gasteiger partial charge < -0.3 is 29.9 Å². The molecule has 1 aromatic carbocycles. The Morgan fingerprint density at radius 3 is 2.58 bits per heavy atom. The van der Waals surface area contributed by atoms with E-state index in [4.69, 9.17) is 24.4 Å². The van der Waals surface area contributed by atoms with E-state index >= 15 is 0 Å². The van der Waals surface area contributed by atoms with Crippen molar-refractivity contribution < 1.29 is 24.5 Å². The number of carboxylic acid groups (broad SMARTS) is 1. The summed E-state index contributed by atoms with van der Waals surface area (Å²) in [6.45, 7) is 8.06. The van der Waals surface area contributed by atoms with Gasteiger partial charge in [0.15, 0.2) is 11.5 Å². The van der Waals surface area contributed by atoms with Crippen LogP contribution in [0.1, 0.15) is 50.8 Å². The van der Waals surface area contributed by atoms with Crippen molar-refractivity contribution in [3.8, 4) is 11.5 Å². The monoisotopic (exact) mass is 459 g/mol. The molecule has 2 aromatic rings. The summed E-state index contributed by atoms with van der Waals surface area (Å²) in [6, 6.07) is 4.04. The van der Waals surface area contributed by atoms with E-state index in [0.29, 0.717) is 13.2 Å². The average Bonchev–Trinajstić information content (AvgIpc) is 3.45. The Morgan fingerprint density at radius 2 is 1.91 bits per heavy atom. The number of nitrogens with zero attached hydrogens (tertiary/aromatic N) is 2. The standard InChI is InChI=1S/C24H35N3O3.CH2O2/c1-24(2,28)16-25-23-17-8-6-9-19(17)26-20-15-22(21(29-3)14-18(20)23)30-13-7-12-27-10-4-5-11-27;2-1-3/h14-15,28H,4-13,16H2,1-3H3,(H,25,26);1H,(H,2,3). The highest BCUT2D eigenvalue weighted by molar-refractivity contribution is 5.96. The first-order valence-corrected chi connectivity index (χ1v) is 11.8. The lowest BCUT2D eigenvalue weighted by atomic mass is 10.0. The van der Waals surface area contributed by atoms with Gasteiger partial charge in [-0.1, -0.05) is 0 Å². The minimum absolute atomic E-state index is 0.250. The van der Waals surface area contributed by atoms with Gasteiger partial charge in [0, 0.05) is 35.9 Å². The van der Waals surface area contributed by atoms with E-state index in [0.717, 1.165) is 66.0 Å². The summed E-state index contributed by atoms with van der Waals surface area (Å²) in [5.41, 5.74) is 3.64. The van der Waals surface area contributed by atoms with Gasteiger partial charge in [-0.25, -0.2) is 0 Å². The van der Waals surface area contributed by atoms with Gasteiger partial charge >= 0.3 is 0 Å². The molecule has 4 rings (SSSR count). The second kappa shape index (κ2) is 11.5. The van der Waals surface area contributed by atoms with Crippen LogP contribution in [0, 0.1) is 0 Å². The fourth-order valence-electron chi connectivity index (χ4n) is 4.53. The van der Waals surface area contributed by atoms with Crippen LogP contribution in [0.25, 0.3) is 10.9 Å². The molecule has 8 nitrogen and oxygen atoms in total. The van der Waals surface area contributed by atoms with Crippen LogP contribution in [-0.4, -0.2) is 72.1 Å². The molecule has 0 amide bonds. The SMILES string of the molecule is COc1cc2c(NCC(C)(C)O)c3c(nc2cc1OCCCN1CCCC1)CCC3.O=CO. The van der Waals surface area contributed by atoms with E-state index in [9.17, 15) is 5.11 Å². The van der Waals surface area contributed by atoms with Crippen molar-refractivity contribution in [3.63, 3.8) is 0 Å². The summed E-state index contributed by atoms with van der Waals surface area (Å²) in [4.78, 5) is 15.8. The molecule has 0 atom stereocenters. The average molecular weight is 460 g/mol. The molecule has 0 bridgehead atoms. The minimum atomic E-state index is -0.788. The molecular formula is C25H37N3O5. The molecule has 0 spiro atoms. The highest BCUT2D eigenvalue weighted by Crippen LogP contribution is 2.39. The number of methoxy groups -OCH3 is 1. The number of likely N-dealkylation sites (tertiary alicyclic amines) is 1. The van der Waals surface area contributed by atoms with Gasteiger partial charge in [-0.15, -0.1) is 0 Å². The Balaban J connectivity index is 0.000000968. The molecule has 0 saturated carbocycles. The second-order valence-corrected chi connectivity index (χ2v) is 9.31. The number of aryl methyl sites for hydroxylation is 1. The number of pyridine rings is 1. The van der Waals surface area contributed by atoms with Crippen LogP contribution in [0.3, 0.4) is 0 Å². The zero-order chi connectivity index (χ0) is 23.8. The van der Waals surface area contributed by atoms with E-state index in [-0.39, 0.29) is 6.47 Å². The maximum Gasteiger partial charge on any atom is 0.290 e. The lowest BCUT2D eigenvalue weighted by Gasteiger charge is -2.22. The van der Waals surface area contributed by atoms with Gasteiger partial charge in [0.1, 0.15) is 0 Å². The molecule has 2 aliphatic rings. The van der Waals surface area contributed by atoms with E-state index in [1.54, 1.807) is 7.11 Å². The minimum Gasteiger partial charge on any atom is -0.493 e.